The third-order valence-corrected chi connectivity index (χ3v) is 3.46. The number of fused-ring (bicyclic) bond motifs is 1. The summed E-state index contributed by atoms with van der Waals surface area (Å²) in [4.78, 5) is 25.5. The Morgan fingerprint density at radius 2 is 1.91 bits per heavy atom. The molecule has 0 bridgehead atoms. The van der Waals surface area contributed by atoms with Crippen molar-refractivity contribution < 1.29 is 14.3 Å². The van der Waals surface area contributed by atoms with E-state index in [0.717, 1.165) is 5.56 Å². The van der Waals surface area contributed by atoms with Gasteiger partial charge in [0.05, 0.1) is 11.4 Å². The highest BCUT2D eigenvalue weighted by molar-refractivity contribution is 6.10. The molecule has 112 valence electrons. The first-order valence-electron chi connectivity index (χ1n) is 7.02. The van der Waals surface area contributed by atoms with Gasteiger partial charge in [-0.2, -0.15) is 0 Å². The van der Waals surface area contributed by atoms with Crippen molar-refractivity contribution in [1.82, 2.24) is 0 Å². The number of carbonyl (C=O) groups excluding carboxylic acids is 2. The molecule has 0 aliphatic carbocycles. The Labute approximate surface area is 128 Å². The van der Waals surface area contributed by atoms with Gasteiger partial charge in [-0.3, -0.25) is 14.5 Å². The average molecular weight is 296 g/mol. The van der Waals surface area contributed by atoms with E-state index >= 15 is 0 Å². The van der Waals surface area contributed by atoms with Crippen molar-refractivity contribution in [2.45, 2.75) is 6.92 Å². The number of hydrogen-bond donors (Lipinski definition) is 1. The minimum absolute atomic E-state index is 0.00705. The predicted molar refractivity (Wildman–Crippen MR) is 84.1 cm³/mol. The standard InChI is InChI=1S/C17H16N2O3/c1-12-6-8-13(9-7-12)22-11-17(21)19-10-16(20)18-14-4-2-3-5-15(14)19/h2-9H,10-11H2,1H3,(H,18,20). The van der Waals surface area contributed by atoms with E-state index in [-0.39, 0.29) is 25.0 Å². The summed E-state index contributed by atoms with van der Waals surface area (Å²) in [5, 5.41) is 2.75. The summed E-state index contributed by atoms with van der Waals surface area (Å²) >= 11 is 0. The van der Waals surface area contributed by atoms with Crippen LogP contribution in [0.5, 0.6) is 5.75 Å². The number of ether oxygens (including phenoxy) is 1. The summed E-state index contributed by atoms with van der Waals surface area (Å²) in [6.45, 7) is 1.88. The topological polar surface area (TPSA) is 58.6 Å². The predicted octanol–water partition coefficient (Wildman–Crippen LogP) is 2.36. The van der Waals surface area contributed by atoms with Gasteiger partial charge < -0.3 is 10.1 Å². The number of para-hydroxylation sites is 2. The zero-order valence-corrected chi connectivity index (χ0v) is 12.2. The second kappa shape index (κ2) is 5.89. The molecule has 0 saturated heterocycles. The molecular formula is C17H16N2O3. The largest absolute Gasteiger partial charge is 0.484 e. The Morgan fingerprint density at radius 1 is 1.18 bits per heavy atom. The van der Waals surface area contributed by atoms with Gasteiger partial charge in [-0.05, 0) is 31.2 Å². The van der Waals surface area contributed by atoms with E-state index in [2.05, 4.69) is 5.32 Å². The van der Waals surface area contributed by atoms with Gasteiger partial charge in [-0.15, -0.1) is 0 Å². The van der Waals surface area contributed by atoms with Gasteiger partial charge in [-0.1, -0.05) is 29.8 Å². The number of nitrogens with zero attached hydrogens (tertiary/aromatic N) is 1. The highest BCUT2D eigenvalue weighted by Crippen LogP contribution is 2.28. The maximum atomic E-state index is 12.4. The van der Waals surface area contributed by atoms with Crippen LogP contribution in [0.3, 0.4) is 0 Å². The Morgan fingerprint density at radius 3 is 2.68 bits per heavy atom. The third-order valence-electron chi connectivity index (χ3n) is 3.46. The average Bonchev–Trinajstić information content (AvgIpc) is 2.53. The molecule has 1 aliphatic rings. The lowest BCUT2D eigenvalue weighted by Crippen LogP contribution is -2.44. The van der Waals surface area contributed by atoms with Gasteiger partial charge in [0.2, 0.25) is 5.91 Å². The minimum Gasteiger partial charge on any atom is -0.484 e. The Hall–Kier alpha value is -2.82. The van der Waals surface area contributed by atoms with Crippen LogP contribution in [0.1, 0.15) is 5.56 Å². The molecular weight excluding hydrogens is 280 g/mol. The number of rotatable bonds is 3. The number of amides is 2. The van der Waals surface area contributed by atoms with E-state index in [1.54, 1.807) is 12.1 Å². The van der Waals surface area contributed by atoms with Crippen LogP contribution in [0.25, 0.3) is 0 Å². The number of hydrogen-bond acceptors (Lipinski definition) is 3. The quantitative estimate of drug-likeness (QED) is 0.946. The van der Waals surface area contributed by atoms with E-state index in [4.69, 9.17) is 4.74 Å². The van der Waals surface area contributed by atoms with Crippen LogP contribution in [0.2, 0.25) is 0 Å². The van der Waals surface area contributed by atoms with Crippen molar-refractivity contribution in [2.75, 3.05) is 23.4 Å². The van der Waals surface area contributed by atoms with Gasteiger partial charge in [0.1, 0.15) is 12.3 Å². The van der Waals surface area contributed by atoms with E-state index in [1.807, 2.05) is 43.3 Å². The summed E-state index contributed by atoms with van der Waals surface area (Å²) in [7, 11) is 0. The number of carbonyl (C=O) groups is 2. The van der Waals surface area contributed by atoms with Gasteiger partial charge in [0.25, 0.3) is 5.91 Å². The Bertz CT molecular complexity index is 710. The lowest BCUT2D eigenvalue weighted by atomic mass is 10.2. The number of nitrogens with one attached hydrogen (secondary N) is 1. The zero-order chi connectivity index (χ0) is 15.5. The molecule has 2 aromatic carbocycles. The molecule has 1 aliphatic heterocycles. The molecule has 0 aromatic heterocycles. The smallest absolute Gasteiger partial charge is 0.265 e. The molecule has 22 heavy (non-hydrogen) atoms. The molecule has 2 amide bonds. The second-order valence-corrected chi connectivity index (χ2v) is 5.15. The highest BCUT2D eigenvalue weighted by atomic mass is 16.5. The van der Waals surface area contributed by atoms with Crippen molar-refractivity contribution in [2.24, 2.45) is 0 Å². The highest BCUT2D eigenvalue weighted by Gasteiger charge is 2.26. The first kappa shape index (κ1) is 14.1. The molecule has 1 N–H and O–H groups in total. The zero-order valence-electron chi connectivity index (χ0n) is 12.2. The fourth-order valence-corrected chi connectivity index (χ4v) is 2.31. The van der Waals surface area contributed by atoms with E-state index in [9.17, 15) is 9.59 Å². The molecule has 2 aromatic rings. The summed E-state index contributed by atoms with van der Waals surface area (Å²) in [6, 6.07) is 14.7. The summed E-state index contributed by atoms with van der Waals surface area (Å²) in [5.74, 6) is 0.180. The molecule has 5 heteroatoms. The lowest BCUT2D eigenvalue weighted by Gasteiger charge is -2.29. The first-order valence-corrected chi connectivity index (χ1v) is 7.02. The minimum atomic E-state index is -0.247. The van der Waals surface area contributed by atoms with Gasteiger partial charge in [0.15, 0.2) is 6.61 Å². The van der Waals surface area contributed by atoms with Crippen LogP contribution in [0.15, 0.2) is 48.5 Å². The van der Waals surface area contributed by atoms with Crippen LogP contribution in [0, 0.1) is 6.92 Å². The van der Waals surface area contributed by atoms with E-state index in [1.165, 1.54) is 4.90 Å². The molecule has 0 radical (unpaired) electrons. The van der Waals surface area contributed by atoms with Crippen LogP contribution < -0.4 is 15.0 Å². The molecule has 0 saturated carbocycles. The van der Waals surface area contributed by atoms with Gasteiger partial charge in [0, 0.05) is 0 Å². The van der Waals surface area contributed by atoms with Gasteiger partial charge in [-0.25, -0.2) is 0 Å². The van der Waals surface area contributed by atoms with Crippen molar-refractivity contribution in [1.29, 1.82) is 0 Å². The number of anilines is 2. The molecule has 0 spiro atoms. The monoisotopic (exact) mass is 296 g/mol. The van der Waals surface area contributed by atoms with E-state index in [0.29, 0.717) is 17.1 Å². The van der Waals surface area contributed by atoms with Crippen molar-refractivity contribution in [3.63, 3.8) is 0 Å². The molecule has 5 nitrogen and oxygen atoms in total. The van der Waals surface area contributed by atoms with Gasteiger partial charge >= 0.3 is 0 Å². The molecule has 0 atom stereocenters. The van der Waals surface area contributed by atoms with Crippen LogP contribution >= 0.6 is 0 Å². The summed E-state index contributed by atoms with van der Waals surface area (Å²) in [5.41, 5.74) is 2.46. The number of benzene rings is 2. The third kappa shape index (κ3) is 2.93. The Kier molecular flexibility index (Phi) is 3.78. The first-order chi connectivity index (χ1) is 10.6. The van der Waals surface area contributed by atoms with Crippen molar-refractivity contribution in [3.05, 3.63) is 54.1 Å². The van der Waals surface area contributed by atoms with Crippen molar-refractivity contribution in [3.8, 4) is 5.75 Å². The summed E-state index contributed by atoms with van der Waals surface area (Å²) < 4.78 is 5.50. The SMILES string of the molecule is Cc1ccc(OCC(=O)N2CC(=O)Nc3ccccc32)cc1. The second-order valence-electron chi connectivity index (χ2n) is 5.15. The maximum absolute atomic E-state index is 12.4. The molecule has 0 fully saturated rings. The number of aryl methyl sites for hydroxylation is 1. The molecule has 1 heterocycles. The van der Waals surface area contributed by atoms with E-state index < -0.39 is 0 Å². The normalized spacial score (nSPS) is 13.3. The molecule has 3 rings (SSSR count). The lowest BCUT2D eigenvalue weighted by molar-refractivity contribution is -0.123. The Balaban J connectivity index is 1.72. The van der Waals surface area contributed by atoms with Crippen LogP contribution in [-0.4, -0.2) is 25.0 Å². The summed E-state index contributed by atoms with van der Waals surface area (Å²) in [6.07, 6.45) is 0. The van der Waals surface area contributed by atoms with Crippen LogP contribution in [0.4, 0.5) is 11.4 Å². The molecule has 0 unspecified atom stereocenters. The fourth-order valence-electron chi connectivity index (χ4n) is 2.31. The van der Waals surface area contributed by atoms with Crippen molar-refractivity contribution >= 4 is 23.2 Å². The van der Waals surface area contributed by atoms with Crippen LogP contribution in [-0.2, 0) is 9.59 Å². The fraction of sp³-hybridized carbons (Fsp3) is 0.176. The maximum Gasteiger partial charge on any atom is 0.265 e.